The molecule has 2 aliphatic rings. The fourth-order valence-electron chi connectivity index (χ4n) is 3.88. The molecule has 1 aliphatic carbocycles. The van der Waals surface area contributed by atoms with Crippen molar-refractivity contribution in [2.24, 2.45) is 0 Å². The minimum Gasteiger partial charge on any atom is -0.465 e. The van der Waals surface area contributed by atoms with E-state index < -0.39 is 6.09 Å². The quantitative estimate of drug-likeness (QED) is 0.810. The molecule has 4 heteroatoms. The van der Waals surface area contributed by atoms with E-state index in [2.05, 4.69) is 39.1 Å². The van der Waals surface area contributed by atoms with Crippen molar-refractivity contribution in [3.05, 3.63) is 11.8 Å². The van der Waals surface area contributed by atoms with E-state index in [1.54, 1.807) is 4.90 Å². The molecule has 0 aromatic rings. The molecule has 1 amide bonds. The average molecular weight is 280 g/mol. The third-order valence-corrected chi connectivity index (χ3v) is 4.27. The van der Waals surface area contributed by atoms with Gasteiger partial charge in [0.2, 0.25) is 0 Å². The largest absolute Gasteiger partial charge is 0.465 e. The lowest BCUT2D eigenvalue weighted by Gasteiger charge is -2.45. The summed E-state index contributed by atoms with van der Waals surface area (Å²) >= 11 is 0. The van der Waals surface area contributed by atoms with Crippen LogP contribution in [-0.2, 0) is 0 Å². The molecule has 0 saturated heterocycles. The lowest BCUT2D eigenvalue weighted by molar-refractivity contribution is 0.120. The number of rotatable bonds is 2. The Balaban J connectivity index is 2.28. The normalized spacial score (nSPS) is 25.9. The summed E-state index contributed by atoms with van der Waals surface area (Å²) in [5, 5.41) is 13.2. The van der Waals surface area contributed by atoms with Crippen molar-refractivity contribution in [3.63, 3.8) is 0 Å². The fraction of sp³-hybridized carbons (Fsp3) is 0.812. The number of amides is 1. The van der Waals surface area contributed by atoms with Crippen LogP contribution < -0.4 is 5.32 Å². The highest BCUT2D eigenvalue weighted by Gasteiger charge is 2.37. The molecule has 0 aromatic heterocycles. The Kier molecular flexibility index (Phi) is 4.14. The van der Waals surface area contributed by atoms with Crippen molar-refractivity contribution in [3.8, 4) is 0 Å². The third-order valence-electron chi connectivity index (χ3n) is 4.27. The molecule has 0 aromatic carbocycles. The standard InChI is InChI=1S/C16H28N2O2/c1-15(2)10-13(11-16(3,4)17-15)18(14(19)20)12-8-6-5-7-9-12/h10,12,17H,5-9,11H2,1-4H3,(H,19,20). The zero-order valence-corrected chi connectivity index (χ0v) is 13.2. The summed E-state index contributed by atoms with van der Waals surface area (Å²) in [4.78, 5) is 13.4. The molecule has 1 fully saturated rings. The van der Waals surface area contributed by atoms with Crippen molar-refractivity contribution in [2.45, 2.75) is 83.3 Å². The van der Waals surface area contributed by atoms with Crippen LogP contribution in [-0.4, -0.2) is 33.2 Å². The van der Waals surface area contributed by atoms with Crippen LogP contribution in [0.25, 0.3) is 0 Å². The van der Waals surface area contributed by atoms with E-state index in [0.29, 0.717) is 0 Å². The highest BCUT2D eigenvalue weighted by Crippen LogP contribution is 2.33. The molecule has 0 bridgehead atoms. The first-order valence-electron chi connectivity index (χ1n) is 7.73. The van der Waals surface area contributed by atoms with Crippen molar-refractivity contribution in [1.29, 1.82) is 0 Å². The molecule has 2 rings (SSSR count). The Morgan fingerprint density at radius 3 is 2.35 bits per heavy atom. The second-order valence-corrected chi connectivity index (χ2v) is 7.49. The monoisotopic (exact) mass is 280 g/mol. The minimum absolute atomic E-state index is 0.0735. The van der Waals surface area contributed by atoms with Gasteiger partial charge < -0.3 is 10.4 Å². The summed E-state index contributed by atoms with van der Waals surface area (Å²) in [5.41, 5.74) is 0.730. The van der Waals surface area contributed by atoms with Crippen molar-refractivity contribution >= 4 is 6.09 Å². The van der Waals surface area contributed by atoms with Gasteiger partial charge in [-0.1, -0.05) is 19.3 Å². The maximum atomic E-state index is 11.8. The van der Waals surface area contributed by atoms with E-state index >= 15 is 0 Å². The second kappa shape index (κ2) is 5.40. The highest BCUT2D eigenvalue weighted by molar-refractivity contribution is 5.68. The van der Waals surface area contributed by atoms with Crippen LogP contribution in [0.4, 0.5) is 4.79 Å². The Bertz CT molecular complexity index is 407. The van der Waals surface area contributed by atoms with Gasteiger partial charge in [0.1, 0.15) is 0 Å². The van der Waals surface area contributed by atoms with E-state index in [9.17, 15) is 9.90 Å². The van der Waals surface area contributed by atoms with E-state index in [0.717, 1.165) is 37.8 Å². The first-order chi connectivity index (χ1) is 9.20. The van der Waals surface area contributed by atoms with Crippen molar-refractivity contribution < 1.29 is 9.90 Å². The fourth-order valence-corrected chi connectivity index (χ4v) is 3.88. The minimum atomic E-state index is -0.795. The van der Waals surface area contributed by atoms with Gasteiger partial charge in [-0.25, -0.2) is 4.79 Å². The topological polar surface area (TPSA) is 52.6 Å². The Hall–Kier alpha value is -1.03. The van der Waals surface area contributed by atoms with E-state index in [1.807, 2.05) is 0 Å². The Morgan fingerprint density at radius 2 is 1.85 bits per heavy atom. The van der Waals surface area contributed by atoms with Crippen molar-refractivity contribution in [2.75, 3.05) is 0 Å². The Morgan fingerprint density at radius 1 is 1.25 bits per heavy atom. The first-order valence-corrected chi connectivity index (χ1v) is 7.73. The van der Waals surface area contributed by atoms with Gasteiger partial charge in [0.05, 0.1) is 0 Å². The second-order valence-electron chi connectivity index (χ2n) is 7.49. The lowest BCUT2D eigenvalue weighted by Crippen LogP contribution is -2.56. The molecular formula is C16H28N2O2. The predicted octanol–water partition coefficient (Wildman–Crippen LogP) is 3.73. The van der Waals surface area contributed by atoms with Gasteiger partial charge >= 0.3 is 6.09 Å². The summed E-state index contributed by atoms with van der Waals surface area (Å²) in [6.07, 6.45) is 7.59. The molecular weight excluding hydrogens is 252 g/mol. The molecule has 0 radical (unpaired) electrons. The third kappa shape index (κ3) is 3.54. The van der Waals surface area contributed by atoms with Crippen LogP contribution >= 0.6 is 0 Å². The smallest absolute Gasteiger partial charge is 0.411 e. The summed E-state index contributed by atoms with van der Waals surface area (Å²) < 4.78 is 0. The molecule has 20 heavy (non-hydrogen) atoms. The van der Waals surface area contributed by atoms with E-state index in [1.165, 1.54) is 6.42 Å². The molecule has 0 spiro atoms. The van der Waals surface area contributed by atoms with E-state index in [4.69, 9.17) is 0 Å². The molecule has 2 N–H and O–H groups in total. The summed E-state index contributed by atoms with van der Waals surface area (Å²) in [7, 11) is 0. The average Bonchev–Trinajstić information content (AvgIpc) is 2.25. The van der Waals surface area contributed by atoms with Gasteiger partial charge in [-0.05, 0) is 46.6 Å². The molecule has 0 atom stereocenters. The summed E-state index contributed by atoms with van der Waals surface area (Å²) in [5.74, 6) is 0. The highest BCUT2D eigenvalue weighted by atomic mass is 16.4. The number of carboxylic acid groups (broad SMARTS) is 1. The summed E-state index contributed by atoms with van der Waals surface area (Å²) in [6, 6.07) is 0.164. The van der Waals surface area contributed by atoms with Crippen LogP contribution in [0.1, 0.15) is 66.2 Å². The first kappa shape index (κ1) is 15.4. The Labute approximate surface area is 122 Å². The number of nitrogens with zero attached hydrogens (tertiary/aromatic N) is 1. The molecule has 1 heterocycles. The van der Waals surface area contributed by atoms with Gasteiger partial charge in [-0.15, -0.1) is 0 Å². The van der Waals surface area contributed by atoms with Gasteiger partial charge in [0, 0.05) is 29.2 Å². The van der Waals surface area contributed by atoms with Gasteiger partial charge in [0.25, 0.3) is 0 Å². The molecule has 0 unspecified atom stereocenters. The maximum Gasteiger partial charge on any atom is 0.411 e. The number of hydrogen-bond acceptors (Lipinski definition) is 2. The summed E-state index contributed by atoms with van der Waals surface area (Å²) in [6.45, 7) is 8.49. The van der Waals surface area contributed by atoms with Gasteiger partial charge in [-0.3, -0.25) is 4.90 Å². The van der Waals surface area contributed by atoms with Crippen LogP contribution in [0.5, 0.6) is 0 Å². The number of hydrogen-bond donors (Lipinski definition) is 2. The SMILES string of the molecule is CC1(C)C=C(N(C(=O)O)C2CCCCC2)CC(C)(C)N1. The van der Waals surface area contributed by atoms with Crippen LogP contribution in [0.3, 0.4) is 0 Å². The van der Waals surface area contributed by atoms with Gasteiger partial charge in [-0.2, -0.15) is 0 Å². The lowest BCUT2D eigenvalue weighted by atomic mass is 9.84. The zero-order valence-electron chi connectivity index (χ0n) is 13.2. The molecule has 1 aliphatic heterocycles. The van der Waals surface area contributed by atoms with Crippen LogP contribution in [0.15, 0.2) is 11.8 Å². The maximum absolute atomic E-state index is 11.8. The number of nitrogens with one attached hydrogen (secondary N) is 1. The number of carbonyl (C=O) groups is 1. The molecule has 114 valence electrons. The zero-order chi connectivity index (χ0) is 15.0. The van der Waals surface area contributed by atoms with Crippen LogP contribution in [0, 0.1) is 0 Å². The van der Waals surface area contributed by atoms with E-state index in [-0.39, 0.29) is 17.1 Å². The predicted molar refractivity (Wildman–Crippen MR) is 80.7 cm³/mol. The molecule has 1 saturated carbocycles. The molecule has 4 nitrogen and oxygen atoms in total. The van der Waals surface area contributed by atoms with Gasteiger partial charge in [0.15, 0.2) is 0 Å². The van der Waals surface area contributed by atoms with Crippen LogP contribution in [0.2, 0.25) is 0 Å². The van der Waals surface area contributed by atoms with Crippen molar-refractivity contribution in [1.82, 2.24) is 10.2 Å².